The molecule has 6 heteroatoms. The van der Waals surface area contributed by atoms with Crippen molar-refractivity contribution in [1.82, 2.24) is 4.90 Å². The van der Waals surface area contributed by atoms with Crippen molar-refractivity contribution in [3.05, 3.63) is 22.2 Å². The summed E-state index contributed by atoms with van der Waals surface area (Å²) in [5.74, 6) is 2.28. The monoisotopic (exact) mass is 392 g/mol. The second-order valence-electron chi connectivity index (χ2n) is 5.62. The molecule has 22 heavy (non-hydrogen) atoms. The van der Waals surface area contributed by atoms with Gasteiger partial charge in [0.2, 0.25) is 0 Å². The Balaban J connectivity index is 0.00000242. The van der Waals surface area contributed by atoms with Gasteiger partial charge in [0.05, 0.1) is 14.2 Å². The van der Waals surface area contributed by atoms with Gasteiger partial charge in [-0.3, -0.25) is 4.90 Å². The highest BCUT2D eigenvalue weighted by molar-refractivity contribution is 9.10. The minimum absolute atomic E-state index is 0. The zero-order valence-electron chi connectivity index (χ0n) is 13.3. The van der Waals surface area contributed by atoms with E-state index < -0.39 is 0 Å². The minimum atomic E-state index is 0. The Kier molecular flexibility index (Phi) is 8.54. The number of hydrogen-bond acceptors (Lipinski definition) is 4. The molecule has 0 bridgehead atoms. The van der Waals surface area contributed by atoms with Gasteiger partial charge in [0.15, 0.2) is 11.5 Å². The molecule has 4 nitrogen and oxygen atoms in total. The normalized spacial score (nSPS) is 18.6. The van der Waals surface area contributed by atoms with Gasteiger partial charge in [-0.1, -0.05) is 15.9 Å². The summed E-state index contributed by atoms with van der Waals surface area (Å²) in [5.41, 5.74) is 6.93. The molecule has 0 spiro atoms. The van der Waals surface area contributed by atoms with Gasteiger partial charge in [-0.15, -0.1) is 12.4 Å². The molecule has 1 atom stereocenters. The average molecular weight is 394 g/mol. The zero-order valence-corrected chi connectivity index (χ0v) is 15.7. The van der Waals surface area contributed by atoms with Crippen molar-refractivity contribution in [3.8, 4) is 11.5 Å². The fourth-order valence-electron chi connectivity index (χ4n) is 3.02. The first-order valence-electron chi connectivity index (χ1n) is 7.50. The van der Waals surface area contributed by atoms with Gasteiger partial charge in [-0.2, -0.15) is 0 Å². The number of nitrogens with two attached hydrogens (primary N) is 1. The van der Waals surface area contributed by atoms with Gasteiger partial charge < -0.3 is 15.2 Å². The molecule has 0 aliphatic carbocycles. The highest BCUT2D eigenvalue weighted by atomic mass is 79.9. The second kappa shape index (κ2) is 9.60. The molecule has 1 saturated heterocycles. The maximum atomic E-state index is 5.69. The first kappa shape index (κ1) is 19.6. The summed E-state index contributed by atoms with van der Waals surface area (Å²) in [5, 5.41) is 0. The number of likely N-dealkylation sites (tertiary alicyclic amines) is 1. The van der Waals surface area contributed by atoms with Crippen LogP contribution in [0.25, 0.3) is 0 Å². The predicted molar refractivity (Wildman–Crippen MR) is 96.2 cm³/mol. The molecule has 1 fully saturated rings. The lowest BCUT2D eigenvalue weighted by atomic mass is 9.94. The molecule has 126 valence electrons. The van der Waals surface area contributed by atoms with Crippen LogP contribution in [0.1, 0.15) is 24.8 Å². The Bertz CT molecular complexity index is 472. The van der Waals surface area contributed by atoms with Crippen LogP contribution in [0.5, 0.6) is 11.5 Å². The molecule has 0 aromatic heterocycles. The predicted octanol–water partition coefficient (Wildman–Crippen LogP) is 3.45. The number of hydrogen-bond donors (Lipinski definition) is 1. The molecule has 0 amide bonds. The van der Waals surface area contributed by atoms with Crippen LogP contribution in [0.2, 0.25) is 0 Å². The number of nitrogens with zero attached hydrogens (tertiary/aromatic N) is 1. The zero-order chi connectivity index (χ0) is 15.2. The number of benzene rings is 1. The van der Waals surface area contributed by atoms with Crippen molar-refractivity contribution >= 4 is 28.3 Å². The molecule has 1 unspecified atom stereocenters. The van der Waals surface area contributed by atoms with Crippen LogP contribution in [0.3, 0.4) is 0 Å². The number of rotatable bonds is 6. The van der Waals surface area contributed by atoms with E-state index in [4.69, 9.17) is 15.2 Å². The fraction of sp³-hybridized carbons (Fsp3) is 0.625. The van der Waals surface area contributed by atoms with E-state index in [0.717, 1.165) is 54.5 Å². The summed E-state index contributed by atoms with van der Waals surface area (Å²) in [6, 6.07) is 4.05. The Morgan fingerprint density at radius 1 is 1.27 bits per heavy atom. The Labute approximate surface area is 147 Å². The van der Waals surface area contributed by atoms with Gasteiger partial charge in [0, 0.05) is 17.6 Å². The fourth-order valence-corrected chi connectivity index (χ4v) is 3.47. The molecule has 1 aromatic rings. The molecule has 2 rings (SSSR count). The highest BCUT2D eigenvalue weighted by Gasteiger charge is 2.20. The van der Waals surface area contributed by atoms with E-state index >= 15 is 0 Å². The van der Waals surface area contributed by atoms with Crippen LogP contribution in [0, 0.1) is 5.92 Å². The van der Waals surface area contributed by atoms with Crippen molar-refractivity contribution in [2.45, 2.75) is 25.8 Å². The van der Waals surface area contributed by atoms with Crippen molar-refractivity contribution < 1.29 is 9.47 Å². The maximum absolute atomic E-state index is 5.69. The van der Waals surface area contributed by atoms with Crippen LogP contribution in [-0.2, 0) is 6.54 Å². The van der Waals surface area contributed by atoms with E-state index in [9.17, 15) is 0 Å². The molecule has 0 saturated carbocycles. The SMILES string of the molecule is COc1cc(Br)c(CN2CCCC(CCN)C2)cc1OC.Cl. The van der Waals surface area contributed by atoms with Gasteiger partial charge in [0.1, 0.15) is 0 Å². The molecule has 0 radical (unpaired) electrons. The first-order valence-corrected chi connectivity index (χ1v) is 8.30. The molecule has 1 aliphatic heterocycles. The third-order valence-electron chi connectivity index (χ3n) is 4.12. The molecular formula is C16H26BrClN2O2. The van der Waals surface area contributed by atoms with Crippen LogP contribution in [-0.4, -0.2) is 38.8 Å². The van der Waals surface area contributed by atoms with Crippen molar-refractivity contribution in [3.63, 3.8) is 0 Å². The van der Waals surface area contributed by atoms with Gasteiger partial charge in [-0.05, 0) is 56.0 Å². The summed E-state index contributed by atoms with van der Waals surface area (Å²) in [6.45, 7) is 4.01. The van der Waals surface area contributed by atoms with E-state index in [1.165, 1.54) is 18.4 Å². The molecule has 1 aliphatic rings. The number of halogens is 2. The third-order valence-corrected chi connectivity index (χ3v) is 4.86. The lowest BCUT2D eigenvalue weighted by Gasteiger charge is -2.33. The molecule has 2 N–H and O–H groups in total. The van der Waals surface area contributed by atoms with E-state index in [0.29, 0.717) is 0 Å². The minimum Gasteiger partial charge on any atom is -0.493 e. The molecule has 1 aromatic carbocycles. The smallest absolute Gasteiger partial charge is 0.161 e. The van der Waals surface area contributed by atoms with Crippen LogP contribution < -0.4 is 15.2 Å². The van der Waals surface area contributed by atoms with Crippen molar-refractivity contribution in [2.75, 3.05) is 33.9 Å². The summed E-state index contributed by atoms with van der Waals surface area (Å²) in [4.78, 5) is 2.51. The van der Waals surface area contributed by atoms with Crippen LogP contribution >= 0.6 is 28.3 Å². The topological polar surface area (TPSA) is 47.7 Å². The Morgan fingerprint density at radius 3 is 2.59 bits per heavy atom. The number of methoxy groups -OCH3 is 2. The van der Waals surface area contributed by atoms with Crippen LogP contribution in [0.4, 0.5) is 0 Å². The summed E-state index contributed by atoms with van der Waals surface area (Å²) < 4.78 is 11.8. The lowest BCUT2D eigenvalue weighted by Crippen LogP contribution is -2.35. The Morgan fingerprint density at radius 2 is 1.95 bits per heavy atom. The van der Waals surface area contributed by atoms with E-state index in [-0.39, 0.29) is 12.4 Å². The molecule has 1 heterocycles. The number of piperidine rings is 1. The first-order chi connectivity index (χ1) is 10.2. The summed E-state index contributed by atoms with van der Waals surface area (Å²) >= 11 is 3.64. The van der Waals surface area contributed by atoms with Gasteiger partial charge >= 0.3 is 0 Å². The van der Waals surface area contributed by atoms with E-state index in [2.05, 4.69) is 26.9 Å². The second-order valence-corrected chi connectivity index (χ2v) is 6.47. The van der Waals surface area contributed by atoms with Crippen LogP contribution in [0.15, 0.2) is 16.6 Å². The highest BCUT2D eigenvalue weighted by Crippen LogP contribution is 2.34. The summed E-state index contributed by atoms with van der Waals surface area (Å²) in [7, 11) is 3.33. The number of ether oxygens (including phenoxy) is 2. The average Bonchev–Trinajstić information content (AvgIpc) is 2.49. The molecular weight excluding hydrogens is 368 g/mol. The lowest BCUT2D eigenvalue weighted by molar-refractivity contribution is 0.162. The summed E-state index contributed by atoms with van der Waals surface area (Å²) in [6.07, 6.45) is 3.69. The largest absolute Gasteiger partial charge is 0.493 e. The standard InChI is InChI=1S/C16H25BrN2O2.ClH/c1-20-15-8-13(14(17)9-16(15)21-2)11-19-7-3-4-12(10-19)5-6-18;/h8-9,12H,3-7,10-11,18H2,1-2H3;1H. The maximum Gasteiger partial charge on any atom is 0.161 e. The third kappa shape index (κ3) is 5.01. The van der Waals surface area contributed by atoms with E-state index in [1.54, 1.807) is 14.2 Å². The quantitative estimate of drug-likeness (QED) is 0.804. The van der Waals surface area contributed by atoms with Gasteiger partial charge in [-0.25, -0.2) is 0 Å². The van der Waals surface area contributed by atoms with Crippen molar-refractivity contribution in [2.24, 2.45) is 11.7 Å². The Hall–Kier alpha value is -0.490. The van der Waals surface area contributed by atoms with E-state index in [1.807, 2.05) is 6.07 Å². The van der Waals surface area contributed by atoms with Gasteiger partial charge in [0.25, 0.3) is 0 Å². The van der Waals surface area contributed by atoms with Crippen molar-refractivity contribution in [1.29, 1.82) is 0 Å².